The van der Waals surface area contributed by atoms with Crippen molar-refractivity contribution in [2.24, 2.45) is 0 Å². The standard InChI is InChI=1S/C19H21N3O4S/c1-27(25,26)21-18(23)12-17-16(14-7-3-2-4-8-14)11-19(24)22(17)13-15-9-5-6-10-20-15/h2-10,16-17H,11-13H2,1H3,(H,21,23). The smallest absolute Gasteiger partial charge is 0.235 e. The van der Waals surface area contributed by atoms with Gasteiger partial charge in [0.25, 0.3) is 0 Å². The Balaban J connectivity index is 1.88. The molecule has 2 unspecified atom stereocenters. The van der Waals surface area contributed by atoms with Crippen LogP contribution in [0.3, 0.4) is 0 Å². The van der Waals surface area contributed by atoms with E-state index in [1.54, 1.807) is 17.2 Å². The third kappa shape index (κ3) is 4.91. The highest BCUT2D eigenvalue weighted by atomic mass is 32.2. The minimum atomic E-state index is -3.65. The molecule has 2 heterocycles. The second-order valence-electron chi connectivity index (χ2n) is 6.63. The number of likely N-dealkylation sites (tertiary alicyclic amines) is 1. The molecule has 2 aromatic rings. The highest BCUT2D eigenvalue weighted by Crippen LogP contribution is 2.37. The number of carbonyl (C=O) groups excluding carboxylic acids is 2. The van der Waals surface area contributed by atoms with Crippen LogP contribution in [0.15, 0.2) is 54.7 Å². The Bertz CT molecular complexity index is 916. The molecule has 27 heavy (non-hydrogen) atoms. The lowest BCUT2D eigenvalue weighted by molar-refractivity contribution is -0.130. The topological polar surface area (TPSA) is 96.4 Å². The van der Waals surface area contributed by atoms with Crippen LogP contribution in [-0.2, 0) is 26.2 Å². The van der Waals surface area contributed by atoms with E-state index in [9.17, 15) is 18.0 Å². The van der Waals surface area contributed by atoms with Gasteiger partial charge >= 0.3 is 0 Å². The average molecular weight is 387 g/mol. The van der Waals surface area contributed by atoms with Crippen LogP contribution in [0.5, 0.6) is 0 Å². The number of nitrogens with one attached hydrogen (secondary N) is 1. The Kier molecular flexibility index (Phi) is 5.55. The van der Waals surface area contributed by atoms with Crippen molar-refractivity contribution in [3.05, 3.63) is 66.0 Å². The Morgan fingerprint density at radius 2 is 1.89 bits per heavy atom. The van der Waals surface area contributed by atoms with Gasteiger partial charge in [-0.1, -0.05) is 36.4 Å². The summed E-state index contributed by atoms with van der Waals surface area (Å²) in [5, 5.41) is 0. The summed E-state index contributed by atoms with van der Waals surface area (Å²) < 4.78 is 24.8. The van der Waals surface area contributed by atoms with E-state index in [1.165, 1.54) is 0 Å². The van der Waals surface area contributed by atoms with Gasteiger partial charge in [0, 0.05) is 31.0 Å². The maximum absolute atomic E-state index is 12.7. The molecule has 7 nitrogen and oxygen atoms in total. The summed E-state index contributed by atoms with van der Waals surface area (Å²) in [5.41, 5.74) is 1.67. The van der Waals surface area contributed by atoms with Gasteiger partial charge in [0.15, 0.2) is 0 Å². The third-order valence-corrected chi connectivity index (χ3v) is 5.16. The number of pyridine rings is 1. The van der Waals surface area contributed by atoms with Crippen LogP contribution < -0.4 is 4.72 Å². The zero-order valence-corrected chi connectivity index (χ0v) is 15.7. The van der Waals surface area contributed by atoms with Crippen molar-refractivity contribution in [1.82, 2.24) is 14.6 Å². The molecule has 142 valence electrons. The quantitative estimate of drug-likeness (QED) is 0.809. The van der Waals surface area contributed by atoms with Gasteiger partial charge in [-0.05, 0) is 17.7 Å². The normalized spacial score (nSPS) is 19.9. The van der Waals surface area contributed by atoms with Crippen LogP contribution in [-0.4, -0.2) is 42.4 Å². The van der Waals surface area contributed by atoms with E-state index in [0.717, 1.165) is 11.8 Å². The summed E-state index contributed by atoms with van der Waals surface area (Å²) in [4.78, 5) is 30.8. The first kappa shape index (κ1) is 19.0. The number of aromatic nitrogens is 1. The van der Waals surface area contributed by atoms with Gasteiger partial charge in [0.05, 0.1) is 18.5 Å². The number of carbonyl (C=O) groups is 2. The van der Waals surface area contributed by atoms with Crippen LogP contribution in [0, 0.1) is 0 Å². The maximum atomic E-state index is 12.7. The van der Waals surface area contributed by atoms with Gasteiger partial charge in [-0.25, -0.2) is 8.42 Å². The predicted molar refractivity (Wildman–Crippen MR) is 100.0 cm³/mol. The molecule has 8 heteroatoms. The Morgan fingerprint density at radius 1 is 1.19 bits per heavy atom. The zero-order valence-electron chi connectivity index (χ0n) is 14.9. The first-order chi connectivity index (χ1) is 12.8. The number of sulfonamides is 1. The molecule has 3 rings (SSSR count). The monoisotopic (exact) mass is 387 g/mol. The number of hydrogen-bond donors (Lipinski definition) is 1. The average Bonchev–Trinajstić information content (AvgIpc) is 2.91. The van der Waals surface area contributed by atoms with Gasteiger partial charge < -0.3 is 4.90 Å². The summed E-state index contributed by atoms with van der Waals surface area (Å²) >= 11 is 0. The van der Waals surface area contributed by atoms with Crippen molar-refractivity contribution >= 4 is 21.8 Å². The molecule has 1 fully saturated rings. The highest BCUT2D eigenvalue weighted by molar-refractivity contribution is 7.89. The van der Waals surface area contributed by atoms with Gasteiger partial charge in [0.2, 0.25) is 21.8 Å². The fourth-order valence-corrected chi connectivity index (χ4v) is 3.94. The minimum absolute atomic E-state index is 0.0772. The molecule has 1 aliphatic heterocycles. The van der Waals surface area contributed by atoms with E-state index in [4.69, 9.17) is 0 Å². The Hall–Kier alpha value is -2.74. The number of rotatable bonds is 6. The van der Waals surface area contributed by atoms with Crippen molar-refractivity contribution in [3.63, 3.8) is 0 Å². The Labute approximate surface area is 158 Å². The van der Waals surface area contributed by atoms with Crippen molar-refractivity contribution < 1.29 is 18.0 Å². The van der Waals surface area contributed by atoms with Crippen LogP contribution in [0.4, 0.5) is 0 Å². The molecule has 0 bridgehead atoms. The molecular formula is C19H21N3O4S. The van der Waals surface area contributed by atoms with E-state index in [0.29, 0.717) is 5.69 Å². The van der Waals surface area contributed by atoms with Crippen molar-refractivity contribution in [2.45, 2.75) is 31.3 Å². The second kappa shape index (κ2) is 7.87. The van der Waals surface area contributed by atoms with E-state index in [2.05, 4.69) is 4.98 Å². The van der Waals surface area contributed by atoms with Gasteiger partial charge in [-0.3, -0.25) is 19.3 Å². The molecule has 2 atom stereocenters. The maximum Gasteiger partial charge on any atom is 0.235 e. The van der Waals surface area contributed by atoms with Crippen LogP contribution in [0.1, 0.15) is 30.0 Å². The number of benzene rings is 1. The number of amides is 2. The summed E-state index contributed by atoms with van der Waals surface area (Å²) in [6, 6.07) is 14.5. The second-order valence-corrected chi connectivity index (χ2v) is 8.38. The molecule has 0 radical (unpaired) electrons. The number of hydrogen-bond acceptors (Lipinski definition) is 5. The van der Waals surface area contributed by atoms with Crippen molar-refractivity contribution in [1.29, 1.82) is 0 Å². The molecule has 0 aliphatic carbocycles. The Morgan fingerprint density at radius 3 is 2.52 bits per heavy atom. The van der Waals surface area contributed by atoms with Crippen LogP contribution >= 0.6 is 0 Å². The lowest BCUT2D eigenvalue weighted by Crippen LogP contribution is -2.40. The van der Waals surface area contributed by atoms with E-state index in [1.807, 2.05) is 47.2 Å². The molecule has 1 aromatic heterocycles. The summed E-state index contributed by atoms with van der Waals surface area (Å²) in [6.45, 7) is 0.278. The molecule has 0 saturated carbocycles. The molecule has 1 aromatic carbocycles. The molecular weight excluding hydrogens is 366 g/mol. The van der Waals surface area contributed by atoms with Gasteiger partial charge in [-0.2, -0.15) is 0 Å². The third-order valence-electron chi connectivity index (χ3n) is 4.56. The van der Waals surface area contributed by atoms with Crippen LogP contribution in [0.2, 0.25) is 0 Å². The van der Waals surface area contributed by atoms with Gasteiger partial charge in [-0.15, -0.1) is 0 Å². The van der Waals surface area contributed by atoms with Gasteiger partial charge in [0.1, 0.15) is 0 Å². The lowest BCUT2D eigenvalue weighted by Gasteiger charge is -2.28. The summed E-state index contributed by atoms with van der Waals surface area (Å²) in [7, 11) is -3.65. The highest BCUT2D eigenvalue weighted by Gasteiger charge is 2.41. The SMILES string of the molecule is CS(=O)(=O)NC(=O)CC1C(c2ccccc2)CC(=O)N1Cc1ccccn1. The first-order valence-electron chi connectivity index (χ1n) is 8.58. The summed E-state index contributed by atoms with van der Waals surface area (Å²) in [5.74, 6) is -0.886. The zero-order chi connectivity index (χ0) is 19.4. The fourth-order valence-electron chi connectivity index (χ4n) is 3.45. The first-order valence-corrected chi connectivity index (χ1v) is 10.5. The molecule has 0 spiro atoms. The lowest BCUT2D eigenvalue weighted by atomic mass is 9.89. The fraction of sp³-hybridized carbons (Fsp3) is 0.316. The van der Waals surface area contributed by atoms with Crippen molar-refractivity contribution in [3.8, 4) is 0 Å². The largest absolute Gasteiger partial charge is 0.333 e. The van der Waals surface area contributed by atoms with E-state index in [-0.39, 0.29) is 31.2 Å². The molecule has 2 amide bonds. The predicted octanol–water partition coefficient (Wildman–Crippen LogP) is 1.43. The molecule has 1 saturated heterocycles. The number of nitrogens with zero attached hydrogens (tertiary/aromatic N) is 2. The molecule has 1 aliphatic rings. The van der Waals surface area contributed by atoms with Crippen LogP contribution in [0.25, 0.3) is 0 Å². The van der Waals surface area contributed by atoms with E-state index >= 15 is 0 Å². The minimum Gasteiger partial charge on any atom is -0.333 e. The van der Waals surface area contributed by atoms with Crippen molar-refractivity contribution in [2.75, 3.05) is 6.26 Å². The van der Waals surface area contributed by atoms with E-state index < -0.39 is 22.0 Å². The summed E-state index contributed by atoms with van der Waals surface area (Å²) in [6.07, 6.45) is 2.76. The molecule has 1 N–H and O–H groups in total.